The average Bonchev–Trinajstić information content (AvgIpc) is 2.34. The molecular weight excluding hydrogens is 239 g/mol. The van der Waals surface area contributed by atoms with Crippen molar-refractivity contribution in [2.24, 2.45) is 0 Å². The molecule has 0 saturated heterocycles. The Bertz CT molecular complexity index is 399. The van der Waals surface area contributed by atoms with Gasteiger partial charge in [-0.25, -0.2) is 4.39 Å². The minimum Gasteiger partial charge on any atom is -0.485 e. The van der Waals surface area contributed by atoms with E-state index in [1.165, 1.54) is 12.1 Å². The van der Waals surface area contributed by atoms with Crippen molar-refractivity contribution < 1.29 is 14.1 Å². The molecule has 6 heteroatoms. The first-order chi connectivity index (χ1) is 8.66. The number of nitro groups is 1. The van der Waals surface area contributed by atoms with E-state index in [1.54, 1.807) is 0 Å². The highest BCUT2D eigenvalue weighted by Gasteiger charge is 2.18. The van der Waals surface area contributed by atoms with Crippen molar-refractivity contribution in [2.45, 2.75) is 19.8 Å². The molecule has 5 nitrogen and oxygen atoms in total. The van der Waals surface area contributed by atoms with Crippen LogP contribution in [0.2, 0.25) is 0 Å². The van der Waals surface area contributed by atoms with Gasteiger partial charge in [0.1, 0.15) is 0 Å². The molecule has 1 aromatic rings. The van der Waals surface area contributed by atoms with Crippen LogP contribution in [0.25, 0.3) is 0 Å². The summed E-state index contributed by atoms with van der Waals surface area (Å²) in [5.41, 5.74) is -0.337. The molecule has 0 atom stereocenters. The van der Waals surface area contributed by atoms with Crippen LogP contribution in [0.3, 0.4) is 0 Å². The summed E-state index contributed by atoms with van der Waals surface area (Å²) in [5.74, 6) is -0.983. The summed E-state index contributed by atoms with van der Waals surface area (Å²) < 4.78 is 18.5. The van der Waals surface area contributed by atoms with E-state index in [1.807, 2.05) is 0 Å². The van der Waals surface area contributed by atoms with Crippen molar-refractivity contribution in [1.29, 1.82) is 0 Å². The van der Waals surface area contributed by atoms with Gasteiger partial charge in [0.25, 0.3) is 0 Å². The number of ether oxygens (including phenoxy) is 1. The summed E-state index contributed by atoms with van der Waals surface area (Å²) >= 11 is 0. The molecule has 0 spiro atoms. The van der Waals surface area contributed by atoms with Gasteiger partial charge in [0.05, 0.1) is 11.5 Å². The molecule has 18 heavy (non-hydrogen) atoms. The molecule has 0 unspecified atom stereocenters. The predicted octanol–water partition coefficient (Wildman–Crippen LogP) is 2.50. The van der Waals surface area contributed by atoms with Gasteiger partial charge in [-0.1, -0.05) is 13.0 Å². The van der Waals surface area contributed by atoms with Gasteiger partial charge in [-0.2, -0.15) is 0 Å². The number of rotatable bonds is 8. The number of nitrogens with zero attached hydrogens (tertiary/aromatic N) is 1. The molecular formula is C12H17FN2O3. The third-order valence-electron chi connectivity index (χ3n) is 2.31. The van der Waals surface area contributed by atoms with Gasteiger partial charge in [0.2, 0.25) is 5.75 Å². The highest BCUT2D eigenvalue weighted by atomic mass is 19.1. The molecule has 0 bridgehead atoms. The first kappa shape index (κ1) is 14.4. The fourth-order valence-electron chi connectivity index (χ4n) is 1.46. The summed E-state index contributed by atoms with van der Waals surface area (Å²) in [4.78, 5) is 10.0. The first-order valence-corrected chi connectivity index (χ1v) is 5.93. The number of hydrogen-bond acceptors (Lipinski definition) is 4. The summed E-state index contributed by atoms with van der Waals surface area (Å²) in [6, 6.07) is 3.68. The van der Waals surface area contributed by atoms with Crippen molar-refractivity contribution in [3.05, 3.63) is 34.1 Å². The molecule has 0 aliphatic carbocycles. The largest absolute Gasteiger partial charge is 0.485 e. The lowest BCUT2D eigenvalue weighted by Gasteiger charge is -2.08. The Morgan fingerprint density at radius 3 is 2.89 bits per heavy atom. The van der Waals surface area contributed by atoms with E-state index in [-0.39, 0.29) is 18.0 Å². The van der Waals surface area contributed by atoms with Crippen LogP contribution < -0.4 is 10.1 Å². The minimum absolute atomic E-state index is 0.248. The van der Waals surface area contributed by atoms with Crippen LogP contribution in [0.15, 0.2) is 18.2 Å². The molecule has 0 aliphatic rings. The van der Waals surface area contributed by atoms with Crippen LogP contribution in [0.1, 0.15) is 19.8 Å². The first-order valence-electron chi connectivity index (χ1n) is 5.93. The maximum absolute atomic E-state index is 13.4. The zero-order chi connectivity index (χ0) is 13.4. The second-order valence-corrected chi connectivity index (χ2v) is 3.80. The number of nitro benzene ring substituents is 1. The van der Waals surface area contributed by atoms with Crippen molar-refractivity contribution in [3.8, 4) is 5.75 Å². The van der Waals surface area contributed by atoms with Crippen LogP contribution in [0.5, 0.6) is 5.75 Å². The molecule has 0 aromatic heterocycles. The fourth-order valence-corrected chi connectivity index (χ4v) is 1.46. The Hall–Kier alpha value is -1.69. The van der Waals surface area contributed by atoms with Gasteiger partial charge in [-0.15, -0.1) is 0 Å². The van der Waals surface area contributed by atoms with E-state index in [9.17, 15) is 14.5 Å². The summed E-state index contributed by atoms with van der Waals surface area (Å²) in [7, 11) is 0. The van der Waals surface area contributed by atoms with Crippen LogP contribution >= 0.6 is 0 Å². The van der Waals surface area contributed by atoms with Crippen LogP contribution in [-0.4, -0.2) is 24.6 Å². The Labute approximate surface area is 105 Å². The normalized spacial score (nSPS) is 10.3. The van der Waals surface area contributed by atoms with Gasteiger partial charge >= 0.3 is 5.69 Å². The lowest BCUT2D eigenvalue weighted by atomic mass is 10.3. The highest BCUT2D eigenvalue weighted by molar-refractivity contribution is 5.46. The number of halogens is 1. The Balaban J connectivity index is 2.48. The van der Waals surface area contributed by atoms with E-state index in [4.69, 9.17) is 4.74 Å². The molecule has 0 saturated carbocycles. The van der Waals surface area contributed by atoms with Gasteiger partial charge in [-0.05, 0) is 32.0 Å². The zero-order valence-electron chi connectivity index (χ0n) is 10.3. The maximum Gasteiger partial charge on any atom is 0.314 e. The van der Waals surface area contributed by atoms with Crippen molar-refractivity contribution in [1.82, 2.24) is 5.32 Å². The third kappa shape index (κ3) is 4.29. The van der Waals surface area contributed by atoms with Crippen molar-refractivity contribution >= 4 is 5.69 Å². The molecule has 1 N–H and O–H groups in total. The topological polar surface area (TPSA) is 64.4 Å². The molecule has 0 amide bonds. The second-order valence-electron chi connectivity index (χ2n) is 3.80. The highest BCUT2D eigenvalue weighted by Crippen LogP contribution is 2.29. The number of nitrogens with one attached hydrogen (secondary N) is 1. The monoisotopic (exact) mass is 256 g/mol. The molecule has 1 rings (SSSR count). The Kier molecular flexibility index (Phi) is 6.07. The Morgan fingerprint density at radius 2 is 2.22 bits per heavy atom. The third-order valence-corrected chi connectivity index (χ3v) is 2.31. The SMILES string of the molecule is CCCNCCCOc1c(F)cccc1[N+](=O)[O-]. The van der Waals surface area contributed by atoms with Crippen LogP contribution in [0, 0.1) is 15.9 Å². The predicted molar refractivity (Wildman–Crippen MR) is 66.3 cm³/mol. The number of para-hydroxylation sites is 1. The maximum atomic E-state index is 13.4. The molecule has 0 fully saturated rings. The summed E-state index contributed by atoms with van der Waals surface area (Å²) in [5, 5.41) is 13.9. The fraction of sp³-hybridized carbons (Fsp3) is 0.500. The Morgan fingerprint density at radius 1 is 1.44 bits per heavy atom. The van der Waals surface area contributed by atoms with Gasteiger partial charge in [0.15, 0.2) is 5.82 Å². The van der Waals surface area contributed by atoms with E-state index in [0.717, 1.165) is 25.6 Å². The smallest absolute Gasteiger partial charge is 0.314 e. The lowest BCUT2D eigenvalue weighted by molar-refractivity contribution is -0.386. The molecule has 0 radical (unpaired) electrons. The van der Waals surface area contributed by atoms with E-state index in [0.29, 0.717) is 6.42 Å². The molecule has 1 aromatic carbocycles. The van der Waals surface area contributed by atoms with E-state index >= 15 is 0 Å². The van der Waals surface area contributed by atoms with Gasteiger partial charge in [0, 0.05) is 6.07 Å². The summed E-state index contributed by atoms with van der Waals surface area (Å²) in [6.07, 6.45) is 1.71. The number of benzene rings is 1. The molecule has 0 aliphatic heterocycles. The standard InChI is InChI=1S/C12H17FN2O3/c1-2-7-14-8-4-9-18-12-10(13)5-3-6-11(12)15(16)17/h3,5-6,14H,2,4,7-9H2,1H3. The van der Waals surface area contributed by atoms with Crippen molar-refractivity contribution in [2.75, 3.05) is 19.7 Å². The molecule has 100 valence electrons. The second kappa shape index (κ2) is 7.60. The van der Waals surface area contributed by atoms with E-state index in [2.05, 4.69) is 12.2 Å². The van der Waals surface area contributed by atoms with Crippen molar-refractivity contribution in [3.63, 3.8) is 0 Å². The average molecular weight is 256 g/mol. The van der Waals surface area contributed by atoms with Gasteiger partial charge < -0.3 is 10.1 Å². The molecule has 0 heterocycles. The zero-order valence-corrected chi connectivity index (χ0v) is 10.3. The van der Waals surface area contributed by atoms with Crippen LogP contribution in [-0.2, 0) is 0 Å². The lowest BCUT2D eigenvalue weighted by Crippen LogP contribution is -2.18. The quantitative estimate of drug-likeness (QED) is 0.441. The minimum atomic E-state index is -0.703. The summed E-state index contributed by atoms with van der Waals surface area (Å²) in [6.45, 7) is 3.97. The number of hydrogen-bond donors (Lipinski definition) is 1. The van der Waals surface area contributed by atoms with Gasteiger partial charge in [-0.3, -0.25) is 10.1 Å². The van der Waals surface area contributed by atoms with Crippen LogP contribution in [0.4, 0.5) is 10.1 Å². The van der Waals surface area contributed by atoms with E-state index < -0.39 is 10.7 Å².